The highest BCUT2D eigenvalue weighted by molar-refractivity contribution is 7.26. The van der Waals surface area contributed by atoms with Crippen LogP contribution in [0.5, 0.6) is 0 Å². The van der Waals surface area contributed by atoms with Crippen molar-refractivity contribution >= 4 is 59.5 Å². The lowest BCUT2D eigenvalue weighted by atomic mass is 9.65. The standard InChI is InChI=1S/C54H39N3S/c1-34-19-23-36(24-20-34)31-55-56(32-37-25-21-35(2)22-26-37)33-38-27-28-40-39-11-3-6-14-44(39)54(46(40)29-38)45-15-7-9-17-49(45)57-48-16-8-4-13-42(48)51-52(57)47(54)30-43-41-12-5-10-18-50(41)58-53(43)51/h3-31H,32-33H2,1-2H3/b55-31+. The van der Waals surface area contributed by atoms with Gasteiger partial charge in [-0.25, -0.2) is 0 Å². The van der Waals surface area contributed by atoms with Gasteiger partial charge in [-0.3, -0.25) is 5.01 Å². The molecule has 4 heteroatoms. The van der Waals surface area contributed by atoms with Crippen LogP contribution in [-0.4, -0.2) is 15.8 Å². The number of para-hydroxylation sites is 2. The summed E-state index contributed by atoms with van der Waals surface area (Å²) in [5.74, 6) is 0. The first-order valence-electron chi connectivity index (χ1n) is 20.2. The molecule has 0 N–H and O–H groups in total. The van der Waals surface area contributed by atoms with Crippen LogP contribution in [0.4, 0.5) is 0 Å². The fourth-order valence-electron chi connectivity index (χ4n) is 10.1. The van der Waals surface area contributed by atoms with E-state index in [9.17, 15) is 0 Å². The van der Waals surface area contributed by atoms with Gasteiger partial charge in [0.15, 0.2) is 0 Å². The Morgan fingerprint density at radius 2 is 1.22 bits per heavy atom. The zero-order valence-corrected chi connectivity index (χ0v) is 33.2. The third-order valence-electron chi connectivity index (χ3n) is 12.6. The Kier molecular flexibility index (Phi) is 7.27. The quantitative estimate of drug-likeness (QED) is 0.122. The van der Waals surface area contributed by atoms with Gasteiger partial charge in [0.2, 0.25) is 0 Å². The van der Waals surface area contributed by atoms with Crippen molar-refractivity contribution in [1.82, 2.24) is 9.58 Å². The molecule has 10 aromatic rings. The first-order valence-corrected chi connectivity index (χ1v) is 21.0. The van der Waals surface area contributed by atoms with Gasteiger partial charge >= 0.3 is 0 Å². The summed E-state index contributed by atoms with van der Waals surface area (Å²) in [6.45, 7) is 5.64. The summed E-state index contributed by atoms with van der Waals surface area (Å²) < 4.78 is 5.26. The summed E-state index contributed by atoms with van der Waals surface area (Å²) in [5.41, 5.74) is 17.3. The van der Waals surface area contributed by atoms with Gasteiger partial charge in [0, 0.05) is 30.9 Å². The van der Waals surface area contributed by atoms with Gasteiger partial charge in [-0.1, -0.05) is 157 Å². The molecule has 0 fully saturated rings. The molecule has 3 heterocycles. The number of thiophene rings is 1. The lowest BCUT2D eigenvalue weighted by Gasteiger charge is -2.40. The number of hydrogen-bond donors (Lipinski definition) is 0. The van der Waals surface area contributed by atoms with E-state index in [0.29, 0.717) is 13.1 Å². The normalized spacial score (nSPS) is 15.2. The van der Waals surface area contributed by atoms with Crippen molar-refractivity contribution in [1.29, 1.82) is 0 Å². The van der Waals surface area contributed by atoms with Gasteiger partial charge in [0.25, 0.3) is 0 Å². The van der Waals surface area contributed by atoms with Crippen molar-refractivity contribution in [2.75, 3.05) is 0 Å². The first-order chi connectivity index (χ1) is 28.6. The molecular formula is C54H39N3S. The lowest BCUT2D eigenvalue weighted by Crippen LogP contribution is -2.33. The highest BCUT2D eigenvalue weighted by atomic mass is 32.1. The Labute approximate surface area is 341 Å². The van der Waals surface area contributed by atoms with E-state index in [1.165, 1.54) is 103 Å². The van der Waals surface area contributed by atoms with Crippen LogP contribution in [0.1, 0.15) is 50.1 Å². The van der Waals surface area contributed by atoms with E-state index in [-0.39, 0.29) is 0 Å². The zero-order valence-electron chi connectivity index (χ0n) is 32.4. The largest absolute Gasteiger partial charge is 0.309 e. The van der Waals surface area contributed by atoms with Crippen molar-refractivity contribution in [3.05, 3.63) is 220 Å². The average molecular weight is 762 g/mol. The van der Waals surface area contributed by atoms with Gasteiger partial charge < -0.3 is 4.57 Å². The molecule has 3 nitrogen and oxygen atoms in total. The van der Waals surface area contributed by atoms with Crippen LogP contribution in [0.3, 0.4) is 0 Å². The van der Waals surface area contributed by atoms with E-state index in [0.717, 1.165) is 5.56 Å². The van der Waals surface area contributed by atoms with Crippen LogP contribution in [0.2, 0.25) is 0 Å². The molecule has 0 saturated heterocycles. The first kappa shape index (κ1) is 33.4. The molecule has 1 aliphatic carbocycles. The fourth-order valence-corrected chi connectivity index (χ4v) is 11.3. The monoisotopic (exact) mass is 761 g/mol. The topological polar surface area (TPSA) is 20.5 Å². The molecule has 1 unspecified atom stereocenters. The zero-order chi connectivity index (χ0) is 38.5. The van der Waals surface area contributed by atoms with E-state index < -0.39 is 5.41 Å². The molecule has 1 atom stereocenters. The van der Waals surface area contributed by atoms with E-state index in [1.54, 1.807) is 0 Å². The molecule has 2 aromatic heterocycles. The van der Waals surface area contributed by atoms with Gasteiger partial charge in [-0.2, -0.15) is 5.10 Å². The number of benzene rings is 8. The van der Waals surface area contributed by atoms with Crippen molar-refractivity contribution in [2.24, 2.45) is 5.10 Å². The minimum absolute atomic E-state index is 0.536. The molecule has 2 aliphatic rings. The van der Waals surface area contributed by atoms with Crippen LogP contribution < -0.4 is 0 Å². The summed E-state index contributed by atoms with van der Waals surface area (Å²) in [4.78, 5) is 0. The minimum Gasteiger partial charge on any atom is -0.309 e. The number of hydrazone groups is 1. The molecule has 1 aliphatic heterocycles. The van der Waals surface area contributed by atoms with Crippen molar-refractivity contribution in [3.8, 4) is 16.8 Å². The van der Waals surface area contributed by atoms with Gasteiger partial charge in [0.1, 0.15) is 0 Å². The van der Waals surface area contributed by atoms with E-state index in [4.69, 9.17) is 5.10 Å². The molecule has 276 valence electrons. The second kappa shape index (κ2) is 12.6. The summed E-state index contributed by atoms with van der Waals surface area (Å²) in [5, 5.41) is 12.7. The second-order valence-electron chi connectivity index (χ2n) is 16.1. The summed E-state index contributed by atoms with van der Waals surface area (Å²) in [7, 11) is 0. The van der Waals surface area contributed by atoms with Crippen molar-refractivity contribution < 1.29 is 0 Å². The number of fused-ring (bicyclic) bond motifs is 16. The molecular weight excluding hydrogens is 723 g/mol. The SMILES string of the molecule is Cc1ccc(/C=N/N(Cc2ccc(C)cc2)Cc2ccc3c(c2)C2(c4ccccc4-3)c3ccccc3-n3c4ccccc4c4c5sc6ccccc6c5cc2c43)cc1. The second-order valence-corrected chi connectivity index (χ2v) is 17.2. The number of aromatic nitrogens is 1. The number of aryl methyl sites for hydroxylation is 2. The van der Waals surface area contributed by atoms with Crippen molar-refractivity contribution in [2.45, 2.75) is 32.4 Å². The number of rotatable bonds is 6. The van der Waals surface area contributed by atoms with E-state index in [2.05, 4.69) is 193 Å². The van der Waals surface area contributed by atoms with Crippen LogP contribution in [-0.2, 0) is 18.5 Å². The van der Waals surface area contributed by atoms with Crippen molar-refractivity contribution in [3.63, 3.8) is 0 Å². The molecule has 12 rings (SSSR count). The Morgan fingerprint density at radius 1 is 0.569 bits per heavy atom. The predicted octanol–water partition coefficient (Wildman–Crippen LogP) is 13.5. The Morgan fingerprint density at radius 3 is 2.07 bits per heavy atom. The van der Waals surface area contributed by atoms with Gasteiger partial charge in [-0.05, 0) is 88.2 Å². The Bertz CT molecular complexity index is 3310. The summed E-state index contributed by atoms with van der Waals surface area (Å²) in [6, 6.07) is 63.6. The maximum absolute atomic E-state index is 5.16. The smallest absolute Gasteiger partial charge is 0.0754 e. The van der Waals surface area contributed by atoms with Crippen LogP contribution in [0.25, 0.3) is 58.8 Å². The third kappa shape index (κ3) is 4.76. The molecule has 0 saturated carbocycles. The number of nitrogens with zero attached hydrogens (tertiary/aromatic N) is 3. The van der Waals surface area contributed by atoms with E-state index >= 15 is 0 Å². The maximum atomic E-state index is 5.16. The Balaban J connectivity index is 1.12. The maximum Gasteiger partial charge on any atom is 0.0754 e. The minimum atomic E-state index is -0.536. The van der Waals surface area contributed by atoms with Crippen LogP contribution in [0.15, 0.2) is 175 Å². The highest BCUT2D eigenvalue weighted by Gasteiger charge is 2.51. The predicted molar refractivity (Wildman–Crippen MR) is 244 cm³/mol. The van der Waals surface area contributed by atoms with E-state index in [1.807, 2.05) is 17.6 Å². The Hall–Kier alpha value is -6.75. The van der Waals surface area contributed by atoms with Crippen LogP contribution in [0, 0.1) is 13.8 Å². The fraction of sp³-hybridized carbons (Fsp3) is 0.0926. The number of hydrogen-bond acceptors (Lipinski definition) is 3. The molecule has 0 radical (unpaired) electrons. The highest BCUT2D eigenvalue weighted by Crippen LogP contribution is 2.62. The molecule has 0 amide bonds. The van der Waals surface area contributed by atoms with Crippen LogP contribution >= 0.6 is 11.3 Å². The lowest BCUT2D eigenvalue weighted by molar-refractivity contribution is 0.272. The van der Waals surface area contributed by atoms with Gasteiger partial charge in [0.05, 0.1) is 41.4 Å². The summed E-state index contributed by atoms with van der Waals surface area (Å²) in [6.07, 6.45) is 2.01. The van der Waals surface area contributed by atoms with Gasteiger partial charge in [-0.15, -0.1) is 11.3 Å². The molecule has 1 spiro atoms. The summed E-state index contributed by atoms with van der Waals surface area (Å²) >= 11 is 1.93. The third-order valence-corrected chi connectivity index (χ3v) is 13.8. The molecule has 0 bridgehead atoms. The average Bonchev–Trinajstić information content (AvgIpc) is 3.90. The molecule has 58 heavy (non-hydrogen) atoms. The molecule has 8 aromatic carbocycles.